The zero-order valence-electron chi connectivity index (χ0n) is 12.8. The fourth-order valence-electron chi connectivity index (χ4n) is 1.94. The number of sulfone groups is 1. The van der Waals surface area contributed by atoms with Crippen molar-refractivity contribution >= 4 is 21.4 Å². The molecule has 2 rings (SSSR count). The summed E-state index contributed by atoms with van der Waals surface area (Å²) in [7, 11) is -5.60. The molecule has 146 valence electrons. The van der Waals surface area contributed by atoms with Crippen LogP contribution in [0.25, 0.3) is 0 Å². The van der Waals surface area contributed by atoms with E-state index in [1.807, 2.05) is 5.32 Å². The third kappa shape index (κ3) is 4.38. The van der Waals surface area contributed by atoms with Gasteiger partial charge in [0.25, 0.3) is 15.7 Å². The topological polar surface area (TPSA) is 63.2 Å². The molecular weight excluding hydrogens is 407 g/mol. The van der Waals surface area contributed by atoms with E-state index in [0.717, 1.165) is 18.2 Å². The van der Waals surface area contributed by atoms with Crippen molar-refractivity contribution in [3.05, 3.63) is 59.4 Å². The van der Waals surface area contributed by atoms with E-state index in [1.54, 1.807) is 0 Å². The minimum atomic E-state index is -5.60. The van der Waals surface area contributed by atoms with Crippen LogP contribution in [0, 0.1) is 5.82 Å². The van der Waals surface area contributed by atoms with Crippen LogP contribution in [0.15, 0.2) is 47.4 Å². The van der Waals surface area contributed by atoms with Crippen molar-refractivity contribution in [2.75, 3.05) is 5.32 Å². The summed E-state index contributed by atoms with van der Waals surface area (Å²) in [5.74, 6) is -2.59. The SMILES string of the molecule is O=C(Nc1ccc(F)c(C(F)(F)F)c1)c1ccc(S(=O)(=O)C(F)(F)F)cc1. The summed E-state index contributed by atoms with van der Waals surface area (Å²) >= 11 is 0. The average Bonchev–Trinajstić information content (AvgIpc) is 2.54. The lowest BCUT2D eigenvalue weighted by atomic mass is 10.1. The molecule has 0 aliphatic carbocycles. The number of hydrogen-bond acceptors (Lipinski definition) is 3. The fraction of sp³-hybridized carbons (Fsp3) is 0.133. The Morgan fingerprint density at radius 1 is 0.889 bits per heavy atom. The van der Waals surface area contributed by atoms with Crippen LogP contribution < -0.4 is 5.32 Å². The number of hydrogen-bond donors (Lipinski definition) is 1. The molecule has 0 saturated heterocycles. The molecule has 0 aliphatic heterocycles. The first-order valence-electron chi connectivity index (χ1n) is 6.83. The number of alkyl halides is 6. The van der Waals surface area contributed by atoms with Gasteiger partial charge in [-0.3, -0.25) is 4.79 Å². The molecule has 0 atom stereocenters. The highest BCUT2D eigenvalue weighted by Gasteiger charge is 2.46. The molecule has 1 amide bonds. The normalized spacial score (nSPS) is 12.7. The second kappa shape index (κ2) is 6.83. The van der Waals surface area contributed by atoms with Crippen molar-refractivity contribution in [1.29, 1.82) is 0 Å². The first-order valence-corrected chi connectivity index (χ1v) is 8.31. The quantitative estimate of drug-likeness (QED) is 0.757. The van der Waals surface area contributed by atoms with Gasteiger partial charge in [0.2, 0.25) is 0 Å². The standard InChI is InChI=1S/C15H8F7NO3S/c16-12-6-3-9(7-11(12)14(17,18)19)23-13(24)8-1-4-10(5-2-8)27(25,26)15(20,21)22/h1-7H,(H,23,24). The first kappa shape index (κ1) is 20.7. The van der Waals surface area contributed by atoms with Crippen LogP contribution in [0.1, 0.15) is 15.9 Å². The Labute approximate surface area is 147 Å². The third-order valence-corrected chi connectivity index (χ3v) is 4.76. The maximum absolute atomic E-state index is 13.2. The van der Waals surface area contributed by atoms with Crippen LogP contribution >= 0.6 is 0 Å². The summed E-state index contributed by atoms with van der Waals surface area (Å²) in [6, 6.07) is 4.25. The van der Waals surface area contributed by atoms with Gasteiger partial charge >= 0.3 is 11.7 Å². The van der Waals surface area contributed by atoms with Crippen molar-refractivity contribution in [3.63, 3.8) is 0 Å². The Balaban J connectivity index is 2.25. The summed E-state index contributed by atoms with van der Waals surface area (Å²) in [5, 5.41) is 2.01. The molecule has 0 radical (unpaired) electrons. The van der Waals surface area contributed by atoms with Crippen LogP contribution in [0.4, 0.5) is 36.4 Å². The highest BCUT2D eigenvalue weighted by atomic mass is 32.2. The number of benzene rings is 2. The van der Waals surface area contributed by atoms with E-state index in [1.165, 1.54) is 0 Å². The van der Waals surface area contributed by atoms with Crippen LogP contribution in [-0.4, -0.2) is 19.8 Å². The second-order valence-corrected chi connectivity index (χ2v) is 7.06. The summed E-state index contributed by atoms with van der Waals surface area (Å²) in [6.45, 7) is 0. The van der Waals surface area contributed by atoms with E-state index < -0.39 is 49.4 Å². The smallest absolute Gasteiger partial charge is 0.322 e. The van der Waals surface area contributed by atoms with Crippen molar-refractivity contribution < 1.29 is 43.9 Å². The number of carbonyl (C=O) groups is 1. The Morgan fingerprint density at radius 2 is 1.44 bits per heavy atom. The first-order chi connectivity index (χ1) is 12.2. The number of amides is 1. The predicted molar refractivity (Wildman–Crippen MR) is 79.0 cm³/mol. The molecule has 1 N–H and O–H groups in total. The second-order valence-electron chi connectivity index (χ2n) is 5.12. The predicted octanol–water partition coefficient (Wildman–Crippen LogP) is 4.39. The molecule has 0 heterocycles. The third-order valence-electron chi connectivity index (χ3n) is 3.26. The zero-order valence-corrected chi connectivity index (χ0v) is 13.6. The van der Waals surface area contributed by atoms with Gasteiger partial charge in [-0.05, 0) is 42.5 Å². The largest absolute Gasteiger partial charge is 0.501 e. The monoisotopic (exact) mass is 415 g/mol. The van der Waals surface area contributed by atoms with Gasteiger partial charge in [-0.2, -0.15) is 26.3 Å². The Morgan fingerprint density at radius 3 is 1.93 bits per heavy atom. The zero-order chi connectivity index (χ0) is 20.6. The number of nitrogens with one attached hydrogen (secondary N) is 1. The summed E-state index contributed by atoms with van der Waals surface area (Å²) in [5.41, 5.74) is -7.89. The molecule has 12 heteroatoms. The highest BCUT2D eigenvalue weighted by Crippen LogP contribution is 2.33. The number of rotatable bonds is 3. The molecule has 4 nitrogen and oxygen atoms in total. The van der Waals surface area contributed by atoms with E-state index >= 15 is 0 Å². The molecule has 0 bridgehead atoms. The lowest BCUT2D eigenvalue weighted by molar-refractivity contribution is -0.139. The lowest BCUT2D eigenvalue weighted by Crippen LogP contribution is -2.23. The Kier molecular flexibility index (Phi) is 5.23. The van der Waals surface area contributed by atoms with E-state index in [0.29, 0.717) is 24.3 Å². The van der Waals surface area contributed by atoms with E-state index in [2.05, 4.69) is 0 Å². The molecule has 0 spiro atoms. The van der Waals surface area contributed by atoms with Gasteiger partial charge in [0.1, 0.15) is 5.82 Å². The lowest BCUT2D eigenvalue weighted by Gasteiger charge is -2.11. The molecule has 0 unspecified atom stereocenters. The van der Waals surface area contributed by atoms with Crippen LogP contribution in [0.3, 0.4) is 0 Å². The maximum atomic E-state index is 13.2. The van der Waals surface area contributed by atoms with Crippen LogP contribution in [0.5, 0.6) is 0 Å². The van der Waals surface area contributed by atoms with Gasteiger partial charge in [0.05, 0.1) is 10.5 Å². The fourth-order valence-corrected chi connectivity index (χ4v) is 2.70. The molecule has 0 fully saturated rings. The highest BCUT2D eigenvalue weighted by molar-refractivity contribution is 7.92. The van der Waals surface area contributed by atoms with E-state index in [-0.39, 0.29) is 5.56 Å². The summed E-state index contributed by atoms with van der Waals surface area (Å²) < 4.78 is 111. The van der Waals surface area contributed by atoms with Crippen molar-refractivity contribution in [3.8, 4) is 0 Å². The number of anilines is 1. The number of carbonyl (C=O) groups excluding carboxylic acids is 1. The van der Waals surface area contributed by atoms with Crippen LogP contribution in [-0.2, 0) is 16.0 Å². The average molecular weight is 415 g/mol. The number of halogens is 7. The minimum Gasteiger partial charge on any atom is -0.322 e. The van der Waals surface area contributed by atoms with Crippen molar-refractivity contribution in [2.45, 2.75) is 16.6 Å². The maximum Gasteiger partial charge on any atom is 0.501 e. The molecule has 0 saturated carbocycles. The molecule has 0 aromatic heterocycles. The Bertz CT molecular complexity index is 964. The molecular formula is C15H8F7NO3S. The summed E-state index contributed by atoms with van der Waals surface area (Å²) in [6.07, 6.45) is -5.00. The minimum absolute atomic E-state index is 0.325. The van der Waals surface area contributed by atoms with Gasteiger partial charge in [-0.1, -0.05) is 0 Å². The van der Waals surface area contributed by atoms with Gasteiger partial charge in [-0.25, -0.2) is 12.8 Å². The van der Waals surface area contributed by atoms with Gasteiger partial charge in [-0.15, -0.1) is 0 Å². The van der Waals surface area contributed by atoms with Crippen molar-refractivity contribution in [1.82, 2.24) is 0 Å². The molecule has 27 heavy (non-hydrogen) atoms. The van der Waals surface area contributed by atoms with Gasteiger partial charge in [0, 0.05) is 11.3 Å². The van der Waals surface area contributed by atoms with Crippen molar-refractivity contribution in [2.24, 2.45) is 0 Å². The van der Waals surface area contributed by atoms with Gasteiger partial charge in [0.15, 0.2) is 0 Å². The van der Waals surface area contributed by atoms with Crippen LogP contribution in [0.2, 0.25) is 0 Å². The van der Waals surface area contributed by atoms with Gasteiger partial charge < -0.3 is 5.32 Å². The molecule has 2 aromatic rings. The van der Waals surface area contributed by atoms with E-state index in [9.17, 15) is 43.9 Å². The van der Waals surface area contributed by atoms with E-state index in [4.69, 9.17) is 0 Å². The Hall–Kier alpha value is -2.63. The summed E-state index contributed by atoms with van der Waals surface area (Å²) in [4.78, 5) is 10.9. The molecule has 0 aliphatic rings. The molecule has 2 aromatic carbocycles.